The zero-order valence-corrected chi connectivity index (χ0v) is 12.3. The lowest BCUT2D eigenvalue weighted by Gasteiger charge is -2.24. The first-order valence-electron chi connectivity index (χ1n) is 6.65. The number of carbonyl (C=O) groups excluding carboxylic acids is 1. The molecule has 1 aromatic carbocycles. The zero-order valence-electron chi connectivity index (χ0n) is 12.3. The third-order valence-electron chi connectivity index (χ3n) is 4.08. The number of hydrogen-bond acceptors (Lipinski definition) is 3. The van der Waals surface area contributed by atoms with Crippen LogP contribution in [0, 0.1) is 16.7 Å². The van der Waals surface area contributed by atoms with Gasteiger partial charge in [-0.25, -0.2) is 0 Å². The molecule has 1 N–H and O–H groups in total. The van der Waals surface area contributed by atoms with E-state index in [1.54, 1.807) is 20.8 Å². The number of aliphatic hydroxyl groups is 1. The number of nitriles is 1. The molecule has 1 aliphatic rings. The van der Waals surface area contributed by atoms with Gasteiger partial charge in [-0.2, -0.15) is 18.4 Å². The first kappa shape index (κ1) is 16.3. The van der Waals surface area contributed by atoms with Gasteiger partial charge in [0, 0.05) is 5.69 Å². The van der Waals surface area contributed by atoms with Crippen LogP contribution in [0.3, 0.4) is 0 Å². The number of nitrogens with zero attached hydrogens (tertiary/aromatic N) is 2. The van der Waals surface area contributed by atoms with E-state index in [1.165, 1.54) is 12.1 Å². The molecule has 1 aliphatic heterocycles. The van der Waals surface area contributed by atoms with Crippen LogP contribution in [-0.4, -0.2) is 23.2 Å². The molecule has 2 atom stereocenters. The summed E-state index contributed by atoms with van der Waals surface area (Å²) < 4.78 is 39.1. The fourth-order valence-corrected chi connectivity index (χ4v) is 2.73. The minimum Gasteiger partial charge on any atom is -0.390 e. The average molecular weight is 312 g/mol. The van der Waals surface area contributed by atoms with Crippen LogP contribution < -0.4 is 4.90 Å². The summed E-state index contributed by atoms with van der Waals surface area (Å²) in [7, 11) is 0. The molecule has 1 saturated heterocycles. The molecule has 0 aromatic heterocycles. The van der Waals surface area contributed by atoms with Crippen LogP contribution in [0.1, 0.15) is 31.9 Å². The molecule has 0 bridgehead atoms. The molecule has 1 unspecified atom stereocenters. The van der Waals surface area contributed by atoms with E-state index in [2.05, 4.69) is 0 Å². The summed E-state index contributed by atoms with van der Waals surface area (Å²) in [6.45, 7) is 4.67. The lowest BCUT2D eigenvalue weighted by atomic mass is 9.87. The van der Waals surface area contributed by atoms with Gasteiger partial charge in [0.25, 0.3) is 0 Å². The number of amides is 1. The Hall–Kier alpha value is -2.07. The highest BCUT2D eigenvalue weighted by Gasteiger charge is 2.52. The fourth-order valence-electron chi connectivity index (χ4n) is 2.73. The Kier molecular flexibility index (Phi) is 3.70. The number of alkyl halides is 3. The summed E-state index contributed by atoms with van der Waals surface area (Å²) in [5.74, 6) is -0.453. The first-order valence-corrected chi connectivity index (χ1v) is 6.65. The van der Waals surface area contributed by atoms with Crippen LogP contribution in [-0.2, 0) is 11.0 Å². The SMILES string of the molecule is C[C@H]1C(O)C(C)(C)C(=O)N1c1ccc(C#N)c(C(F)(F)F)c1. The van der Waals surface area contributed by atoms with Crippen molar-refractivity contribution in [1.82, 2.24) is 0 Å². The van der Waals surface area contributed by atoms with Gasteiger partial charge in [-0.1, -0.05) is 0 Å². The van der Waals surface area contributed by atoms with Gasteiger partial charge in [0.05, 0.1) is 34.8 Å². The summed E-state index contributed by atoms with van der Waals surface area (Å²) in [5.41, 5.74) is -2.65. The molecule has 0 spiro atoms. The van der Waals surface area contributed by atoms with Crippen molar-refractivity contribution in [3.05, 3.63) is 29.3 Å². The molecular formula is C15H15F3N2O2. The van der Waals surface area contributed by atoms with Crippen LogP contribution in [0.4, 0.5) is 18.9 Å². The van der Waals surface area contributed by atoms with Crippen molar-refractivity contribution in [3.63, 3.8) is 0 Å². The fraction of sp³-hybridized carbons (Fsp3) is 0.467. The van der Waals surface area contributed by atoms with Gasteiger partial charge < -0.3 is 10.0 Å². The Morgan fingerprint density at radius 2 is 1.95 bits per heavy atom. The summed E-state index contributed by atoms with van der Waals surface area (Å²) >= 11 is 0. The highest BCUT2D eigenvalue weighted by atomic mass is 19.4. The average Bonchev–Trinajstić information content (AvgIpc) is 2.58. The number of anilines is 1. The molecule has 4 nitrogen and oxygen atoms in total. The van der Waals surface area contributed by atoms with Crippen molar-refractivity contribution in [2.75, 3.05) is 4.90 Å². The van der Waals surface area contributed by atoms with E-state index in [4.69, 9.17) is 5.26 Å². The summed E-state index contributed by atoms with van der Waals surface area (Å²) in [4.78, 5) is 13.5. The van der Waals surface area contributed by atoms with Crippen LogP contribution in [0.5, 0.6) is 0 Å². The van der Waals surface area contributed by atoms with E-state index in [0.717, 1.165) is 17.0 Å². The van der Waals surface area contributed by atoms with E-state index in [1.807, 2.05) is 0 Å². The summed E-state index contributed by atoms with van der Waals surface area (Å²) in [6, 6.07) is 3.94. The van der Waals surface area contributed by atoms with Crippen molar-refractivity contribution in [3.8, 4) is 6.07 Å². The Morgan fingerprint density at radius 1 is 1.36 bits per heavy atom. The van der Waals surface area contributed by atoms with Crippen LogP contribution >= 0.6 is 0 Å². The topological polar surface area (TPSA) is 64.3 Å². The Balaban J connectivity index is 2.56. The van der Waals surface area contributed by atoms with Crippen LogP contribution in [0.25, 0.3) is 0 Å². The highest BCUT2D eigenvalue weighted by Crippen LogP contribution is 2.41. The van der Waals surface area contributed by atoms with Crippen molar-refractivity contribution < 1.29 is 23.1 Å². The third kappa shape index (κ3) is 2.33. The van der Waals surface area contributed by atoms with E-state index in [0.29, 0.717) is 0 Å². The predicted molar refractivity (Wildman–Crippen MR) is 72.9 cm³/mol. The molecule has 0 aliphatic carbocycles. The Morgan fingerprint density at radius 3 is 2.36 bits per heavy atom. The largest absolute Gasteiger partial charge is 0.417 e. The quantitative estimate of drug-likeness (QED) is 0.867. The van der Waals surface area contributed by atoms with Gasteiger partial charge in [-0.05, 0) is 39.0 Å². The maximum Gasteiger partial charge on any atom is 0.417 e. The summed E-state index contributed by atoms with van der Waals surface area (Å²) in [6.07, 6.45) is -5.69. The number of aliphatic hydroxyl groups excluding tert-OH is 1. The van der Waals surface area contributed by atoms with E-state index in [-0.39, 0.29) is 5.69 Å². The van der Waals surface area contributed by atoms with Crippen LogP contribution in [0.2, 0.25) is 0 Å². The second-order valence-electron chi connectivity index (χ2n) is 5.92. The Labute approximate surface area is 125 Å². The number of hydrogen-bond donors (Lipinski definition) is 1. The minimum atomic E-state index is -4.69. The van der Waals surface area contributed by atoms with Gasteiger partial charge in [0.1, 0.15) is 0 Å². The van der Waals surface area contributed by atoms with Gasteiger partial charge in [0.15, 0.2) is 0 Å². The van der Waals surface area contributed by atoms with Gasteiger partial charge in [-0.15, -0.1) is 0 Å². The number of benzene rings is 1. The molecule has 0 radical (unpaired) electrons. The lowest BCUT2D eigenvalue weighted by Crippen LogP contribution is -2.34. The van der Waals surface area contributed by atoms with Crippen LogP contribution in [0.15, 0.2) is 18.2 Å². The second kappa shape index (κ2) is 4.99. The van der Waals surface area contributed by atoms with E-state index in [9.17, 15) is 23.1 Å². The normalized spacial score (nSPS) is 24.5. The maximum atomic E-state index is 13.0. The van der Waals surface area contributed by atoms with Crippen molar-refractivity contribution in [2.45, 2.75) is 39.1 Å². The lowest BCUT2D eigenvalue weighted by molar-refractivity contribution is -0.137. The zero-order chi connectivity index (χ0) is 16.9. The van der Waals surface area contributed by atoms with Crippen molar-refractivity contribution in [1.29, 1.82) is 5.26 Å². The van der Waals surface area contributed by atoms with Crippen molar-refractivity contribution >= 4 is 11.6 Å². The molecule has 1 aromatic rings. The van der Waals surface area contributed by atoms with Gasteiger partial charge >= 0.3 is 6.18 Å². The Bertz CT molecular complexity index is 662. The van der Waals surface area contributed by atoms with E-state index >= 15 is 0 Å². The van der Waals surface area contributed by atoms with Gasteiger partial charge in [0.2, 0.25) is 5.91 Å². The monoisotopic (exact) mass is 312 g/mol. The van der Waals surface area contributed by atoms with Gasteiger partial charge in [-0.3, -0.25) is 4.79 Å². The third-order valence-corrected chi connectivity index (χ3v) is 4.08. The molecule has 2 rings (SSSR count). The predicted octanol–water partition coefficient (Wildman–Crippen LogP) is 2.70. The van der Waals surface area contributed by atoms with E-state index < -0.39 is 40.8 Å². The molecule has 118 valence electrons. The number of carbonyl (C=O) groups is 1. The number of rotatable bonds is 1. The highest BCUT2D eigenvalue weighted by molar-refractivity contribution is 6.01. The molecular weight excluding hydrogens is 297 g/mol. The second-order valence-corrected chi connectivity index (χ2v) is 5.92. The molecule has 7 heteroatoms. The molecule has 1 heterocycles. The minimum absolute atomic E-state index is 0.0217. The standard InChI is InChI=1S/C15H15F3N2O2/c1-8-12(21)14(2,3)13(22)20(8)10-5-4-9(7-19)11(6-10)15(16,17)18/h4-6,8,12,21H,1-3H3/t8-,12?/m0/s1. The maximum absolute atomic E-state index is 13.0. The molecule has 0 saturated carbocycles. The summed E-state index contributed by atoms with van der Waals surface area (Å²) in [5, 5.41) is 18.9. The van der Waals surface area contributed by atoms with Crippen molar-refractivity contribution in [2.24, 2.45) is 5.41 Å². The molecule has 1 fully saturated rings. The first-order chi connectivity index (χ1) is 10.0. The smallest absolute Gasteiger partial charge is 0.390 e. The molecule has 1 amide bonds. The molecule has 22 heavy (non-hydrogen) atoms. The number of halogens is 3.